The van der Waals surface area contributed by atoms with Crippen LogP contribution in [-0.4, -0.2) is 41.8 Å². The number of anilines is 1. The lowest BCUT2D eigenvalue weighted by Crippen LogP contribution is -2.34. The molecule has 4 rings (SSSR count). The second kappa shape index (κ2) is 10.0. The molecule has 1 amide bonds. The lowest BCUT2D eigenvalue weighted by Gasteiger charge is -2.15. The van der Waals surface area contributed by atoms with Crippen LogP contribution in [0.5, 0.6) is 0 Å². The lowest BCUT2D eigenvalue weighted by molar-refractivity contribution is 0.0977. The molecule has 172 valence electrons. The second-order valence-corrected chi connectivity index (χ2v) is 11.3. The Morgan fingerprint density at radius 1 is 1.09 bits per heavy atom. The van der Waals surface area contributed by atoms with Crippen LogP contribution < -0.4 is 10.6 Å². The minimum atomic E-state index is -3.53. The van der Waals surface area contributed by atoms with E-state index in [1.807, 2.05) is 0 Å². The average molecular weight is 542 g/mol. The summed E-state index contributed by atoms with van der Waals surface area (Å²) in [5, 5.41) is 8.80. The third kappa shape index (κ3) is 5.53. The van der Waals surface area contributed by atoms with Gasteiger partial charge in [-0.2, -0.15) is 4.31 Å². The van der Waals surface area contributed by atoms with Crippen molar-refractivity contribution in [2.75, 3.05) is 18.4 Å². The molecule has 0 unspecified atom stereocenters. The molecule has 3 aromatic rings. The van der Waals surface area contributed by atoms with Crippen molar-refractivity contribution in [3.63, 3.8) is 0 Å². The van der Waals surface area contributed by atoms with Crippen molar-refractivity contribution in [1.82, 2.24) is 14.6 Å². The second-order valence-electron chi connectivity index (χ2n) is 7.21. The molecule has 1 aliphatic rings. The smallest absolute Gasteiger partial charge is 0.257 e. The molecular formula is C21H18Cl2N4O3S3. The first-order valence-corrected chi connectivity index (χ1v) is 13.4. The number of aromatic nitrogens is 1. The number of nitrogens with zero attached hydrogens (tertiary/aromatic N) is 2. The summed E-state index contributed by atoms with van der Waals surface area (Å²) in [6.07, 6.45) is 1.72. The highest BCUT2D eigenvalue weighted by molar-refractivity contribution is 7.89. The molecule has 0 bridgehead atoms. The SMILES string of the molecule is O=C(NC(=S)Nc1nc(-c2ccc(Cl)cc2Cl)cs1)c1ccc(S(=O)(=O)N2CCCC2)cc1. The number of sulfonamides is 1. The van der Waals surface area contributed by atoms with Gasteiger partial charge in [0, 0.05) is 34.6 Å². The van der Waals surface area contributed by atoms with Gasteiger partial charge >= 0.3 is 0 Å². The van der Waals surface area contributed by atoms with Crippen LogP contribution in [0.3, 0.4) is 0 Å². The van der Waals surface area contributed by atoms with Gasteiger partial charge in [-0.1, -0.05) is 23.2 Å². The molecule has 1 fully saturated rings. The third-order valence-corrected chi connectivity index (χ3v) is 8.40. The van der Waals surface area contributed by atoms with Crippen LogP contribution in [0.15, 0.2) is 52.7 Å². The Bertz CT molecular complexity index is 1300. The Balaban J connectivity index is 1.38. The highest BCUT2D eigenvalue weighted by atomic mass is 35.5. The zero-order valence-corrected chi connectivity index (χ0v) is 21.0. The van der Waals surface area contributed by atoms with Crippen molar-refractivity contribution >= 4 is 72.9 Å². The third-order valence-electron chi connectivity index (χ3n) is 4.98. The Morgan fingerprint density at radius 3 is 2.45 bits per heavy atom. The lowest BCUT2D eigenvalue weighted by atomic mass is 10.2. The van der Waals surface area contributed by atoms with Crippen LogP contribution in [0.2, 0.25) is 10.0 Å². The maximum atomic E-state index is 12.6. The number of carbonyl (C=O) groups excluding carboxylic acids is 1. The Kier molecular flexibility index (Phi) is 7.32. The van der Waals surface area contributed by atoms with Gasteiger partial charge < -0.3 is 5.32 Å². The summed E-state index contributed by atoms with van der Waals surface area (Å²) >= 11 is 18.7. The van der Waals surface area contributed by atoms with E-state index in [-0.39, 0.29) is 15.6 Å². The molecule has 0 aliphatic carbocycles. The average Bonchev–Trinajstić information content (AvgIpc) is 3.46. The summed E-state index contributed by atoms with van der Waals surface area (Å²) in [5.74, 6) is -0.463. The molecule has 2 heterocycles. The molecule has 0 saturated carbocycles. The van der Waals surface area contributed by atoms with Gasteiger partial charge in [0.15, 0.2) is 10.2 Å². The highest BCUT2D eigenvalue weighted by Gasteiger charge is 2.27. The number of carbonyl (C=O) groups is 1. The van der Waals surface area contributed by atoms with Crippen molar-refractivity contribution in [3.8, 4) is 11.3 Å². The molecular weight excluding hydrogens is 523 g/mol. The summed E-state index contributed by atoms with van der Waals surface area (Å²) in [6, 6.07) is 10.9. The quantitative estimate of drug-likeness (QED) is 0.441. The minimum absolute atomic E-state index is 0.0665. The molecule has 2 aromatic carbocycles. The predicted molar refractivity (Wildman–Crippen MR) is 136 cm³/mol. The largest absolute Gasteiger partial charge is 0.308 e. The van der Waals surface area contributed by atoms with Crippen LogP contribution in [0.1, 0.15) is 23.2 Å². The fraction of sp³-hybridized carbons (Fsp3) is 0.190. The molecule has 33 heavy (non-hydrogen) atoms. The van der Waals surface area contributed by atoms with Crippen LogP contribution in [0.25, 0.3) is 11.3 Å². The van der Waals surface area contributed by atoms with Gasteiger partial charge in [-0.25, -0.2) is 13.4 Å². The van der Waals surface area contributed by atoms with Gasteiger partial charge in [0.1, 0.15) is 0 Å². The Morgan fingerprint density at radius 2 is 1.79 bits per heavy atom. The zero-order chi connectivity index (χ0) is 23.6. The summed E-state index contributed by atoms with van der Waals surface area (Å²) in [7, 11) is -3.53. The van der Waals surface area contributed by atoms with Gasteiger partial charge in [-0.15, -0.1) is 11.3 Å². The van der Waals surface area contributed by atoms with Gasteiger partial charge in [0.05, 0.1) is 15.6 Å². The van der Waals surface area contributed by atoms with E-state index in [0.717, 1.165) is 18.4 Å². The van der Waals surface area contributed by atoms with Crippen molar-refractivity contribution in [3.05, 3.63) is 63.5 Å². The van der Waals surface area contributed by atoms with Gasteiger partial charge in [-0.05, 0) is 67.5 Å². The predicted octanol–water partition coefficient (Wildman–Crippen LogP) is 5.03. The van der Waals surface area contributed by atoms with Crippen LogP contribution in [0.4, 0.5) is 5.13 Å². The number of amides is 1. The summed E-state index contributed by atoms with van der Waals surface area (Å²) in [6.45, 7) is 1.04. The number of benzene rings is 2. The van der Waals surface area contributed by atoms with E-state index in [4.69, 9.17) is 35.4 Å². The van der Waals surface area contributed by atoms with Gasteiger partial charge in [-0.3, -0.25) is 10.1 Å². The molecule has 0 radical (unpaired) electrons. The maximum absolute atomic E-state index is 12.6. The van der Waals surface area contributed by atoms with E-state index in [1.54, 1.807) is 23.6 Å². The van der Waals surface area contributed by atoms with E-state index in [2.05, 4.69) is 15.6 Å². The van der Waals surface area contributed by atoms with E-state index >= 15 is 0 Å². The Hall–Kier alpha value is -2.08. The first-order chi connectivity index (χ1) is 15.7. The summed E-state index contributed by atoms with van der Waals surface area (Å²) in [4.78, 5) is 17.1. The fourth-order valence-electron chi connectivity index (χ4n) is 3.31. The molecule has 1 saturated heterocycles. The standard InChI is InChI=1S/C21H18Cl2N4O3S3/c22-14-5-8-16(17(23)11-14)18-12-32-21(24-18)26-20(31)25-19(28)13-3-6-15(7-4-13)33(29,30)27-9-1-2-10-27/h3-8,11-12H,1-2,9-10H2,(H2,24,25,26,28,31). The number of hydrogen-bond donors (Lipinski definition) is 2. The summed E-state index contributed by atoms with van der Waals surface area (Å²) < 4.78 is 26.7. The van der Waals surface area contributed by atoms with Crippen LogP contribution in [-0.2, 0) is 10.0 Å². The normalized spacial score (nSPS) is 14.2. The number of hydrogen-bond acceptors (Lipinski definition) is 6. The minimum Gasteiger partial charge on any atom is -0.308 e. The van der Waals surface area contributed by atoms with Gasteiger partial charge in [0.25, 0.3) is 5.91 Å². The van der Waals surface area contributed by atoms with E-state index in [1.165, 1.54) is 39.9 Å². The first kappa shape index (κ1) is 24.1. The number of halogens is 2. The highest BCUT2D eigenvalue weighted by Crippen LogP contribution is 2.32. The summed E-state index contributed by atoms with van der Waals surface area (Å²) in [5.41, 5.74) is 1.66. The monoisotopic (exact) mass is 540 g/mol. The Labute approximate surface area is 210 Å². The maximum Gasteiger partial charge on any atom is 0.257 e. The molecule has 12 heteroatoms. The molecule has 0 spiro atoms. The van der Waals surface area contributed by atoms with E-state index in [9.17, 15) is 13.2 Å². The van der Waals surface area contributed by atoms with Crippen molar-refractivity contribution in [1.29, 1.82) is 0 Å². The van der Waals surface area contributed by atoms with Crippen LogP contribution in [0, 0.1) is 0 Å². The van der Waals surface area contributed by atoms with E-state index in [0.29, 0.717) is 34.0 Å². The number of nitrogens with one attached hydrogen (secondary N) is 2. The number of rotatable bonds is 5. The zero-order valence-electron chi connectivity index (χ0n) is 17.0. The number of thiazole rings is 1. The van der Waals surface area contributed by atoms with Crippen molar-refractivity contribution < 1.29 is 13.2 Å². The molecule has 0 atom stereocenters. The molecule has 1 aliphatic heterocycles. The van der Waals surface area contributed by atoms with E-state index < -0.39 is 15.9 Å². The molecule has 2 N–H and O–H groups in total. The van der Waals surface area contributed by atoms with Crippen molar-refractivity contribution in [2.45, 2.75) is 17.7 Å². The van der Waals surface area contributed by atoms with Crippen LogP contribution >= 0.6 is 46.8 Å². The number of thiocarbonyl (C=S) groups is 1. The fourth-order valence-corrected chi connectivity index (χ4v) is 6.30. The van der Waals surface area contributed by atoms with Gasteiger partial charge in [0.2, 0.25) is 10.0 Å². The molecule has 7 nitrogen and oxygen atoms in total. The first-order valence-electron chi connectivity index (χ1n) is 9.87. The van der Waals surface area contributed by atoms with Crippen molar-refractivity contribution in [2.24, 2.45) is 0 Å². The molecule has 1 aromatic heterocycles. The topological polar surface area (TPSA) is 91.4 Å².